The largest absolute Gasteiger partial charge is 2.00 e. The van der Waals surface area contributed by atoms with Gasteiger partial charge in [-0.3, -0.25) is 4.98 Å². The molecule has 0 saturated carbocycles. The predicted octanol–water partition coefficient (Wildman–Crippen LogP) is 10.5. The zero-order valence-corrected chi connectivity index (χ0v) is 28.9. The van der Waals surface area contributed by atoms with Crippen LogP contribution in [0, 0.1) is 12.1 Å². The SMILES string of the molecule is CC(C)(C)c1cc(Oc2[c-]c3c(cc2)c2ccccc2n2cc(-c4ccccc4)nc32)[c-]c(-n2c3ccccc3c3cccnc32)c1.[Pt+2]. The fourth-order valence-corrected chi connectivity index (χ4v) is 6.63. The van der Waals surface area contributed by atoms with E-state index in [0.717, 1.165) is 71.8 Å². The molecular weight excluding hydrogens is 772 g/mol. The number of fused-ring (bicyclic) bond motifs is 9. The van der Waals surface area contributed by atoms with Crippen molar-refractivity contribution in [2.24, 2.45) is 0 Å². The van der Waals surface area contributed by atoms with Gasteiger partial charge in [0.25, 0.3) is 0 Å². The van der Waals surface area contributed by atoms with E-state index in [1.165, 1.54) is 0 Å². The van der Waals surface area contributed by atoms with Crippen molar-refractivity contribution < 1.29 is 25.8 Å². The van der Waals surface area contributed by atoms with Crippen LogP contribution in [0.3, 0.4) is 0 Å². The molecule has 6 heteroatoms. The Bertz CT molecular complexity index is 2590. The Morgan fingerprint density at radius 2 is 1.35 bits per heavy atom. The van der Waals surface area contributed by atoms with Crippen LogP contribution in [0.25, 0.3) is 66.2 Å². The molecule has 0 saturated heterocycles. The van der Waals surface area contributed by atoms with E-state index in [9.17, 15) is 0 Å². The Kier molecular flexibility index (Phi) is 7.19. The molecular formula is C42H30N4OPt. The average molecular weight is 802 g/mol. The van der Waals surface area contributed by atoms with Crippen molar-refractivity contribution in [2.75, 3.05) is 0 Å². The van der Waals surface area contributed by atoms with E-state index in [4.69, 9.17) is 14.7 Å². The molecule has 0 unspecified atom stereocenters. The Labute approximate surface area is 292 Å². The first-order valence-electron chi connectivity index (χ1n) is 15.8. The average Bonchev–Trinajstić information content (AvgIpc) is 3.69. The molecule has 4 aromatic heterocycles. The third kappa shape index (κ3) is 4.89. The zero-order valence-electron chi connectivity index (χ0n) is 26.6. The number of aromatic nitrogens is 4. The molecule has 9 rings (SSSR count). The summed E-state index contributed by atoms with van der Waals surface area (Å²) in [6.45, 7) is 6.64. The molecule has 0 aliphatic rings. The molecule has 4 heterocycles. The van der Waals surface area contributed by atoms with E-state index >= 15 is 0 Å². The smallest absolute Gasteiger partial charge is 0.503 e. The first-order chi connectivity index (χ1) is 22.9. The number of imidazole rings is 1. The van der Waals surface area contributed by atoms with Gasteiger partial charge in [0.1, 0.15) is 5.65 Å². The first kappa shape index (κ1) is 30.1. The van der Waals surface area contributed by atoms with E-state index in [1.807, 2.05) is 36.5 Å². The number of hydrogen-bond donors (Lipinski definition) is 0. The third-order valence-corrected chi connectivity index (χ3v) is 8.96. The minimum absolute atomic E-state index is 0. The van der Waals surface area contributed by atoms with Crippen molar-refractivity contribution >= 4 is 49.3 Å². The summed E-state index contributed by atoms with van der Waals surface area (Å²) in [5.41, 5.74) is 7.78. The molecule has 0 N–H and O–H groups in total. The van der Waals surface area contributed by atoms with Crippen LogP contribution in [-0.4, -0.2) is 18.9 Å². The summed E-state index contributed by atoms with van der Waals surface area (Å²) in [4.78, 5) is 9.92. The van der Waals surface area contributed by atoms with E-state index in [2.05, 4.69) is 133 Å². The van der Waals surface area contributed by atoms with Gasteiger partial charge in [-0.15, -0.1) is 35.9 Å². The van der Waals surface area contributed by atoms with Crippen LogP contribution in [0.15, 0.2) is 128 Å². The van der Waals surface area contributed by atoms with Gasteiger partial charge in [-0.05, 0) is 35.1 Å². The van der Waals surface area contributed by atoms with Crippen LogP contribution in [0.5, 0.6) is 11.5 Å². The zero-order chi connectivity index (χ0) is 31.7. The van der Waals surface area contributed by atoms with Gasteiger partial charge in [-0.1, -0.05) is 110 Å². The molecule has 0 aliphatic carbocycles. The normalized spacial score (nSPS) is 11.9. The molecule has 0 amide bonds. The molecule has 5 aromatic carbocycles. The fourth-order valence-electron chi connectivity index (χ4n) is 6.63. The first-order valence-corrected chi connectivity index (χ1v) is 15.8. The maximum absolute atomic E-state index is 6.66. The number of benzene rings is 5. The van der Waals surface area contributed by atoms with Gasteiger partial charge in [0, 0.05) is 45.7 Å². The van der Waals surface area contributed by atoms with Crippen molar-refractivity contribution in [3.05, 3.63) is 145 Å². The predicted molar refractivity (Wildman–Crippen MR) is 191 cm³/mol. The second kappa shape index (κ2) is 11.5. The quantitative estimate of drug-likeness (QED) is 0.132. The Morgan fingerprint density at radius 1 is 0.646 bits per heavy atom. The molecule has 5 nitrogen and oxygen atoms in total. The number of rotatable bonds is 4. The van der Waals surface area contributed by atoms with Gasteiger partial charge in [-0.2, -0.15) is 0 Å². The fraction of sp³-hybridized carbons (Fsp3) is 0.0952. The molecule has 48 heavy (non-hydrogen) atoms. The maximum atomic E-state index is 6.66. The Hall–Kier alpha value is -5.25. The third-order valence-electron chi connectivity index (χ3n) is 8.96. The van der Waals surface area contributed by atoms with E-state index in [0.29, 0.717) is 11.5 Å². The summed E-state index contributed by atoms with van der Waals surface area (Å²) in [7, 11) is 0. The van der Waals surface area contributed by atoms with Gasteiger partial charge in [-0.25, -0.2) is 4.98 Å². The maximum Gasteiger partial charge on any atom is 2.00 e. The molecule has 0 radical (unpaired) electrons. The van der Waals surface area contributed by atoms with Crippen LogP contribution < -0.4 is 4.74 Å². The summed E-state index contributed by atoms with van der Waals surface area (Å²) in [6, 6.07) is 46.8. The summed E-state index contributed by atoms with van der Waals surface area (Å²) < 4.78 is 11.0. The molecule has 0 aliphatic heterocycles. The summed E-state index contributed by atoms with van der Waals surface area (Å²) in [5, 5.41) is 5.38. The second-order valence-corrected chi connectivity index (χ2v) is 13.0. The van der Waals surface area contributed by atoms with Gasteiger partial charge >= 0.3 is 21.1 Å². The number of ether oxygens (including phenoxy) is 1. The van der Waals surface area contributed by atoms with Crippen molar-refractivity contribution in [1.29, 1.82) is 0 Å². The molecule has 0 spiro atoms. The number of pyridine rings is 2. The van der Waals surface area contributed by atoms with Crippen LogP contribution in [0.1, 0.15) is 26.3 Å². The van der Waals surface area contributed by atoms with Gasteiger partial charge < -0.3 is 13.7 Å². The number of para-hydroxylation sites is 2. The molecule has 9 aromatic rings. The number of nitrogens with zero attached hydrogens (tertiary/aromatic N) is 4. The van der Waals surface area contributed by atoms with Crippen LogP contribution in [0.4, 0.5) is 0 Å². The monoisotopic (exact) mass is 801 g/mol. The van der Waals surface area contributed by atoms with Crippen molar-refractivity contribution in [3.8, 4) is 28.4 Å². The van der Waals surface area contributed by atoms with Gasteiger partial charge in [0.2, 0.25) is 0 Å². The van der Waals surface area contributed by atoms with E-state index < -0.39 is 0 Å². The van der Waals surface area contributed by atoms with Crippen molar-refractivity contribution in [1.82, 2.24) is 18.9 Å². The molecule has 234 valence electrons. The van der Waals surface area contributed by atoms with Crippen molar-refractivity contribution in [2.45, 2.75) is 26.2 Å². The molecule has 0 atom stereocenters. The van der Waals surface area contributed by atoms with Gasteiger partial charge in [0.15, 0.2) is 0 Å². The minimum Gasteiger partial charge on any atom is -0.503 e. The van der Waals surface area contributed by atoms with E-state index in [-0.39, 0.29) is 26.5 Å². The number of hydrogen-bond acceptors (Lipinski definition) is 3. The van der Waals surface area contributed by atoms with E-state index in [1.54, 1.807) is 0 Å². The standard InChI is InChI=1S/C42H30N4O.Pt/c1-42(2,3)28-22-29(46-39-18-10-8-15-34(39)35-16-11-21-43-40(35)46)24-31(23-28)47-30-19-20-32-33-14-7-9-17-38(33)45-26-37(27-12-5-4-6-13-27)44-41(45)36(32)25-30;/h4-23,26H,1-3H3;/q-2;+2. The topological polar surface area (TPSA) is 44.4 Å². The second-order valence-electron chi connectivity index (χ2n) is 13.0. The molecule has 0 fully saturated rings. The van der Waals surface area contributed by atoms with Crippen LogP contribution in [0.2, 0.25) is 0 Å². The molecule has 0 bridgehead atoms. The summed E-state index contributed by atoms with van der Waals surface area (Å²) in [6.07, 6.45) is 3.95. The minimum atomic E-state index is -0.129. The Morgan fingerprint density at radius 3 is 2.15 bits per heavy atom. The summed E-state index contributed by atoms with van der Waals surface area (Å²) in [5.74, 6) is 1.22. The van der Waals surface area contributed by atoms with Crippen molar-refractivity contribution in [3.63, 3.8) is 0 Å². The van der Waals surface area contributed by atoms with Gasteiger partial charge in [0.05, 0.1) is 16.9 Å². The van der Waals surface area contributed by atoms with Crippen LogP contribution in [-0.2, 0) is 26.5 Å². The summed E-state index contributed by atoms with van der Waals surface area (Å²) >= 11 is 0. The Balaban J connectivity index is 0.00000336. The van der Waals surface area contributed by atoms with Crippen LogP contribution >= 0.6 is 0 Å².